The van der Waals surface area contributed by atoms with Crippen LogP contribution in [0.4, 0.5) is 0 Å². The Bertz CT molecular complexity index is 1380. The van der Waals surface area contributed by atoms with Crippen LogP contribution in [0.2, 0.25) is 0 Å². The fourth-order valence-electron chi connectivity index (χ4n) is 7.07. The van der Waals surface area contributed by atoms with E-state index in [1.807, 2.05) is 65.0 Å². The number of nitrogens with zero attached hydrogens (tertiary/aromatic N) is 6. The van der Waals surface area contributed by atoms with Crippen molar-refractivity contribution in [3.63, 3.8) is 0 Å². The summed E-state index contributed by atoms with van der Waals surface area (Å²) in [6.07, 6.45) is -6.09. The minimum atomic E-state index is -0.964. The Morgan fingerprint density at radius 3 is 1.90 bits per heavy atom. The monoisotopic (exact) mass is 702 g/mol. The van der Waals surface area contributed by atoms with Gasteiger partial charge in [-0.3, -0.25) is 9.59 Å². The van der Waals surface area contributed by atoms with Crippen LogP contribution >= 0.6 is 0 Å². The van der Waals surface area contributed by atoms with Crippen LogP contribution in [0.1, 0.15) is 61.0 Å². The van der Waals surface area contributed by atoms with E-state index < -0.39 is 79.3 Å². The van der Waals surface area contributed by atoms with Gasteiger partial charge < -0.3 is 37.9 Å². The maximum Gasteiger partial charge on any atom is 0.302 e. The van der Waals surface area contributed by atoms with Crippen LogP contribution in [0.15, 0.2) is 40.6 Å². The van der Waals surface area contributed by atoms with E-state index in [1.54, 1.807) is 6.92 Å². The predicted molar refractivity (Wildman–Crippen MR) is 178 cm³/mol. The molecule has 3 fully saturated rings. The van der Waals surface area contributed by atoms with E-state index in [4.69, 9.17) is 37.9 Å². The highest BCUT2D eigenvalue weighted by molar-refractivity contribution is 5.66. The van der Waals surface area contributed by atoms with Gasteiger partial charge in [0.2, 0.25) is 0 Å². The second-order valence-electron chi connectivity index (χ2n) is 13.5. The van der Waals surface area contributed by atoms with Crippen LogP contribution in [0.25, 0.3) is 20.9 Å². The first-order chi connectivity index (χ1) is 23.9. The zero-order valence-corrected chi connectivity index (χ0v) is 29.9. The highest BCUT2D eigenvalue weighted by Gasteiger charge is 2.51. The van der Waals surface area contributed by atoms with Gasteiger partial charge in [0.15, 0.2) is 12.6 Å². The van der Waals surface area contributed by atoms with E-state index in [-0.39, 0.29) is 43.5 Å². The molecule has 0 aromatic heterocycles. The Hall–Kier alpha value is -3.46. The van der Waals surface area contributed by atoms with Gasteiger partial charge in [0, 0.05) is 29.6 Å². The second-order valence-corrected chi connectivity index (χ2v) is 13.5. The summed E-state index contributed by atoms with van der Waals surface area (Å²) >= 11 is 0. The molecule has 3 aliphatic rings. The molecule has 1 aromatic carbocycles. The number of esters is 2. The third-order valence-corrected chi connectivity index (χ3v) is 10.1. The lowest BCUT2D eigenvalue weighted by molar-refractivity contribution is -0.348. The smallest absolute Gasteiger partial charge is 0.302 e. The first-order valence-electron chi connectivity index (χ1n) is 17.1. The molecular formula is C34H50N6O10. The number of carbonyl (C=O) groups is 2. The van der Waals surface area contributed by atoms with E-state index in [2.05, 4.69) is 20.1 Å². The molecule has 3 aliphatic heterocycles. The fourth-order valence-corrected chi connectivity index (χ4v) is 7.07. The average molecular weight is 703 g/mol. The third kappa shape index (κ3) is 9.65. The summed E-state index contributed by atoms with van der Waals surface area (Å²) in [7, 11) is 0. The molecule has 0 spiro atoms. The molecule has 50 heavy (non-hydrogen) atoms. The lowest BCUT2D eigenvalue weighted by atomic mass is 9.82. The fraction of sp³-hybridized carbons (Fsp3) is 0.765. The van der Waals surface area contributed by atoms with Crippen LogP contribution < -0.4 is 0 Å². The summed E-state index contributed by atoms with van der Waals surface area (Å²) in [5.41, 5.74) is 19.7. The van der Waals surface area contributed by atoms with Crippen molar-refractivity contribution >= 4 is 11.9 Å². The molecule has 0 aliphatic carbocycles. The molecule has 0 amide bonds. The van der Waals surface area contributed by atoms with E-state index >= 15 is 0 Å². The van der Waals surface area contributed by atoms with Gasteiger partial charge >= 0.3 is 11.9 Å². The summed E-state index contributed by atoms with van der Waals surface area (Å²) in [6, 6.07) is 8.44. The Morgan fingerprint density at radius 1 is 0.680 bits per heavy atom. The van der Waals surface area contributed by atoms with Gasteiger partial charge in [-0.15, -0.1) is 0 Å². The first kappa shape index (κ1) is 39.3. The maximum atomic E-state index is 11.8. The summed E-state index contributed by atoms with van der Waals surface area (Å²) in [5.74, 6) is -1.85. The van der Waals surface area contributed by atoms with E-state index in [9.17, 15) is 20.7 Å². The Kier molecular flexibility index (Phi) is 14.3. The second kappa shape index (κ2) is 18.2. The normalized spacial score (nSPS) is 38.6. The SMILES string of the molecule is CC(=O)OCC1O[C@H](O[C@@H]2C(C)O[C@@H](O[C@@H]3C(COC(C)=O)OC(C)C(N=[N+]=[N-])[C@H]3C)C(OCc3ccccc3)[C@H]2C)C(N=[N+]=[N-])[C@@H](C)[C@@H]1C. The third-order valence-electron chi connectivity index (χ3n) is 10.1. The quantitative estimate of drug-likeness (QED) is 0.107. The van der Waals surface area contributed by atoms with Crippen molar-refractivity contribution in [3.05, 3.63) is 56.8 Å². The van der Waals surface area contributed by atoms with Gasteiger partial charge in [-0.1, -0.05) is 68.3 Å². The minimum absolute atomic E-state index is 0.0281. The van der Waals surface area contributed by atoms with Crippen molar-refractivity contribution in [2.24, 2.45) is 33.9 Å². The Balaban J connectivity index is 1.62. The standard InChI is InChI=1S/C34H50N6O10/c1-17-18(2)29(38-40-36)33(48-26(17)15-43-23(7)41)49-30-20(4)32(45-14-25-12-10-9-11-13-25)34(47-22(30)6)50-31-19(3)28(37-39-35)21(5)46-27(31)16-44-24(8)42/h9-13,17-22,26-34H,14-16H2,1-8H3/t17-,18-,19+,20-,21?,22?,26?,27?,28?,29?,30-,31-,32?,33+,34-/m0/s1. The summed E-state index contributed by atoms with van der Waals surface area (Å²) in [5, 5.41) is 8.03. The van der Waals surface area contributed by atoms with Crippen molar-refractivity contribution in [1.29, 1.82) is 0 Å². The largest absolute Gasteiger partial charge is 0.463 e. The number of carbonyl (C=O) groups excluding carboxylic acids is 2. The van der Waals surface area contributed by atoms with Crippen LogP contribution in [0.3, 0.4) is 0 Å². The van der Waals surface area contributed by atoms with E-state index in [1.165, 1.54) is 13.8 Å². The summed E-state index contributed by atoms with van der Waals surface area (Å²) in [6.45, 7) is 14.3. The van der Waals surface area contributed by atoms with Crippen LogP contribution in [0.5, 0.6) is 0 Å². The van der Waals surface area contributed by atoms with E-state index in [0.29, 0.717) is 0 Å². The van der Waals surface area contributed by atoms with E-state index in [0.717, 1.165) is 5.56 Å². The highest BCUT2D eigenvalue weighted by atomic mass is 16.7. The lowest BCUT2D eigenvalue weighted by Gasteiger charge is -2.50. The van der Waals surface area contributed by atoms with Crippen molar-refractivity contribution in [1.82, 2.24) is 0 Å². The molecular weight excluding hydrogens is 652 g/mol. The summed E-state index contributed by atoms with van der Waals surface area (Å²) < 4.78 is 49.6. The van der Waals surface area contributed by atoms with Gasteiger partial charge in [-0.2, -0.15) is 0 Å². The molecule has 4 rings (SSSR count). The zero-order valence-electron chi connectivity index (χ0n) is 29.9. The molecule has 16 heteroatoms. The van der Waals surface area contributed by atoms with Gasteiger partial charge in [0.1, 0.15) is 25.4 Å². The number of hydrogen-bond donors (Lipinski definition) is 0. The van der Waals surface area contributed by atoms with Gasteiger partial charge in [-0.05, 0) is 48.2 Å². The van der Waals surface area contributed by atoms with Crippen LogP contribution in [-0.2, 0) is 54.1 Å². The molecule has 15 atom stereocenters. The average Bonchev–Trinajstić information content (AvgIpc) is 3.07. The molecule has 0 N–H and O–H groups in total. The Labute approximate surface area is 292 Å². The molecule has 1 aromatic rings. The molecule has 3 heterocycles. The zero-order chi connectivity index (χ0) is 36.5. The molecule has 7 unspecified atom stereocenters. The first-order valence-corrected chi connectivity index (χ1v) is 17.1. The van der Waals surface area contributed by atoms with Crippen LogP contribution in [0, 0.1) is 23.7 Å². The number of ether oxygens (including phenoxy) is 8. The molecule has 16 nitrogen and oxygen atoms in total. The number of rotatable bonds is 13. The number of azide groups is 2. The molecule has 3 saturated heterocycles. The number of hydrogen-bond acceptors (Lipinski definition) is 12. The topological polar surface area (TPSA) is 206 Å². The highest BCUT2D eigenvalue weighted by Crippen LogP contribution is 2.40. The van der Waals surface area contributed by atoms with Crippen LogP contribution in [-0.4, -0.2) is 92.5 Å². The lowest BCUT2D eigenvalue weighted by Crippen LogP contribution is -2.61. The molecule has 0 bridgehead atoms. The molecule has 0 radical (unpaired) electrons. The van der Waals surface area contributed by atoms with Gasteiger partial charge in [-0.25, -0.2) is 0 Å². The number of benzene rings is 1. The summed E-state index contributed by atoms with van der Waals surface area (Å²) in [4.78, 5) is 29.5. The maximum absolute atomic E-state index is 11.8. The Morgan fingerprint density at radius 2 is 1.28 bits per heavy atom. The van der Waals surface area contributed by atoms with Crippen molar-refractivity contribution < 1.29 is 47.5 Å². The predicted octanol–water partition coefficient (Wildman–Crippen LogP) is 5.63. The molecule has 276 valence electrons. The van der Waals surface area contributed by atoms with Crippen molar-refractivity contribution in [3.8, 4) is 0 Å². The van der Waals surface area contributed by atoms with Crippen molar-refractivity contribution in [2.45, 2.75) is 129 Å². The molecule has 0 saturated carbocycles. The van der Waals surface area contributed by atoms with Crippen molar-refractivity contribution in [2.75, 3.05) is 13.2 Å². The van der Waals surface area contributed by atoms with Gasteiger partial charge in [0.05, 0.1) is 49.2 Å². The van der Waals surface area contributed by atoms with Gasteiger partial charge in [0.25, 0.3) is 0 Å². The minimum Gasteiger partial charge on any atom is -0.463 e.